The maximum atomic E-state index is 13.3. The van der Waals surface area contributed by atoms with Gasteiger partial charge in [-0.25, -0.2) is 0 Å². The van der Waals surface area contributed by atoms with E-state index in [0.29, 0.717) is 36.7 Å². The smallest absolute Gasteiger partial charge is 0.214 e. The fraction of sp³-hybridized carbons (Fsp3) is 0.333. The summed E-state index contributed by atoms with van der Waals surface area (Å²) in [5.41, 5.74) is -1.18. The fourth-order valence-electron chi connectivity index (χ4n) is 4.27. The van der Waals surface area contributed by atoms with Crippen molar-refractivity contribution in [2.24, 2.45) is 0 Å². The number of fused-ring (bicyclic) bond motifs is 3. The normalized spacial score (nSPS) is 13.4. The van der Waals surface area contributed by atoms with Gasteiger partial charge < -0.3 is 35.4 Å². The molecule has 1 aliphatic rings. The average Bonchev–Trinajstić information content (AvgIpc) is 3.27. The van der Waals surface area contributed by atoms with Gasteiger partial charge in [0.15, 0.2) is 5.78 Å². The third-order valence-electron chi connectivity index (χ3n) is 6.27. The average molecular weight is 454 g/mol. The zero-order valence-electron chi connectivity index (χ0n) is 17.9. The number of benzene rings is 2. The second-order valence-corrected chi connectivity index (χ2v) is 8.31. The molecule has 0 saturated heterocycles. The lowest BCUT2D eigenvalue weighted by molar-refractivity contribution is 0.0425. The predicted octanol–water partition coefficient (Wildman–Crippen LogP) is 0.913. The number of aryl methyl sites for hydroxylation is 1. The Morgan fingerprint density at radius 1 is 0.818 bits per heavy atom. The van der Waals surface area contributed by atoms with Crippen molar-refractivity contribution in [2.45, 2.75) is 24.9 Å². The zero-order valence-corrected chi connectivity index (χ0v) is 17.9. The molecule has 1 heterocycles. The van der Waals surface area contributed by atoms with Crippen LogP contribution in [-0.4, -0.2) is 73.6 Å². The maximum absolute atomic E-state index is 13.3. The molecule has 9 nitrogen and oxygen atoms in total. The molecule has 3 aromatic rings. The summed E-state index contributed by atoms with van der Waals surface area (Å²) >= 11 is 0. The van der Waals surface area contributed by atoms with Crippen LogP contribution >= 0.6 is 0 Å². The molecule has 0 amide bonds. The fourth-order valence-corrected chi connectivity index (χ4v) is 4.27. The van der Waals surface area contributed by atoms with Gasteiger partial charge in [0.2, 0.25) is 5.78 Å². The van der Waals surface area contributed by atoms with E-state index in [-0.39, 0.29) is 33.9 Å². The molecule has 0 atom stereocenters. The van der Waals surface area contributed by atoms with Crippen molar-refractivity contribution >= 4 is 22.3 Å². The Labute approximate surface area is 189 Å². The summed E-state index contributed by atoms with van der Waals surface area (Å²) in [7, 11) is 0. The van der Waals surface area contributed by atoms with Gasteiger partial charge in [-0.15, -0.1) is 0 Å². The number of nitrogens with zero attached hydrogens (tertiary/aromatic N) is 1. The molecule has 2 aromatic carbocycles. The molecule has 9 heteroatoms. The number of unbranched alkanes of at least 4 members (excludes halogenated alkanes) is 1. The zero-order chi connectivity index (χ0) is 23.8. The summed E-state index contributed by atoms with van der Waals surface area (Å²) in [6.07, 6.45) is 2.85. The lowest BCUT2D eigenvalue weighted by Crippen LogP contribution is -2.55. The lowest BCUT2D eigenvalue weighted by Gasteiger charge is -2.28. The third kappa shape index (κ3) is 3.68. The van der Waals surface area contributed by atoms with Crippen LogP contribution < -0.4 is 5.32 Å². The van der Waals surface area contributed by atoms with E-state index in [1.807, 2.05) is 0 Å². The van der Waals surface area contributed by atoms with E-state index >= 15 is 0 Å². The Kier molecular flexibility index (Phi) is 6.22. The summed E-state index contributed by atoms with van der Waals surface area (Å²) in [5, 5.41) is 53.1. The summed E-state index contributed by atoms with van der Waals surface area (Å²) in [6, 6.07) is 8.04. The highest BCUT2D eigenvalue weighted by molar-refractivity contribution is 6.32. The van der Waals surface area contributed by atoms with Crippen molar-refractivity contribution in [1.82, 2.24) is 9.88 Å². The molecule has 0 unspecified atom stereocenters. The van der Waals surface area contributed by atoms with Gasteiger partial charge in [-0.3, -0.25) is 9.59 Å². The molecule has 0 spiro atoms. The van der Waals surface area contributed by atoms with Gasteiger partial charge in [-0.1, -0.05) is 24.3 Å². The van der Waals surface area contributed by atoms with Crippen LogP contribution in [0.4, 0.5) is 0 Å². The highest BCUT2D eigenvalue weighted by atomic mass is 16.3. The molecule has 174 valence electrons. The van der Waals surface area contributed by atoms with Crippen molar-refractivity contribution < 1.29 is 35.1 Å². The molecule has 0 bridgehead atoms. The number of hydrogen-bond donors (Lipinski definition) is 6. The highest BCUT2D eigenvalue weighted by Crippen LogP contribution is 2.44. The predicted molar refractivity (Wildman–Crippen MR) is 120 cm³/mol. The number of rotatable bonds is 9. The van der Waals surface area contributed by atoms with Gasteiger partial charge in [0.25, 0.3) is 0 Å². The van der Waals surface area contributed by atoms with Gasteiger partial charge in [0.05, 0.1) is 42.0 Å². The number of ketones is 2. The third-order valence-corrected chi connectivity index (χ3v) is 6.27. The largest absolute Gasteiger partial charge is 0.506 e. The van der Waals surface area contributed by atoms with Crippen molar-refractivity contribution in [2.75, 3.05) is 26.4 Å². The Morgan fingerprint density at radius 2 is 1.39 bits per heavy atom. The second-order valence-electron chi connectivity index (χ2n) is 8.31. The monoisotopic (exact) mass is 454 g/mol. The first kappa shape index (κ1) is 22.9. The SMILES string of the molecule is O=C1c2ccn(CCCCNC(CO)(CO)CO)c2C(=O)c2c1c(O)c1ccccc1c2O. The Bertz CT molecular complexity index is 1220. The van der Waals surface area contributed by atoms with Crippen molar-refractivity contribution in [1.29, 1.82) is 0 Å². The minimum absolute atomic E-state index is 0.167. The maximum Gasteiger partial charge on any atom is 0.214 e. The standard InChI is InChI=1S/C24H26N2O7/c27-11-24(12-28,13-29)25-8-3-4-9-26-10-7-16-19(26)23(33)18-17(22(16)32)20(30)14-5-1-2-6-15(14)21(18)31/h1-2,5-7,10,25,27-31H,3-4,8-9,11-13H2. The summed E-state index contributed by atoms with van der Waals surface area (Å²) in [6.45, 7) is -0.401. The van der Waals surface area contributed by atoms with Crippen LogP contribution in [0.1, 0.15) is 44.8 Å². The number of carbonyl (C=O) groups is 2. The number of aliphatic hydroxyl groups excluding tert-OH is 3. The molecular weight excluding hydrogens is 428 g/mol. The molecular formula is C24H26N2O7. The molecule has 0 fully saturated rings. The second kappa shape index (κ2) is 8.95. The molecule has 6 N–H and O–H groups in total. The van der Waals surface area contributed by atoms with E-state index in [9.17, 15) is 35.1 Å². The summed E-state index contributed by atoms with van der Waals surface area (Å²) < 4.78 is 1.65. The molecule has 0 saturated carbocycles. The molecule has 4 rings (SSSR count). The lowest BCUT2D eigenvalue weighted by atomic mass is 9.84. The van der Waals surface area contributed by atoms with E-state index < -0.39 is 36.9 Å². The number of aromatic nitrogens is 1. The topological polar surface area (TPSA) is 152 Å². The van der Waals surface area contributed by atoms with Gasteiger partial charge in [0, 0.05) is 23.5 Å². The number of carbonyl (C=O) groups excluding carboxylic acids is 2. The van der Waals surface area contributed by atoms with Crippen molar-refractivity contribution in [3.8, 4) is 11.5 Å². The van der Waals surface area contributed by atoms with E-state index in [1.54, 1.807) is 35.0 Å². The Morgan fingerprint density at radius 3 is 1.97 bits per heavy atom. The van der Waals surface area contributed by atoms with Crippen molar-refractivity contribution in [3.05, 3.63) is 58.9 Å². The summed E-state index contributed by atoms with van der Waals surface area (Å²) in [4.78, 5) is 26.5. The number of nitrogens with one attached hydrogen (secondary N) is 1. The number of aliphatic hydroxyl groups is 3. The van der Waals surface area contributed by atoms with Crippen LogP contribution in [-0.2, 0) is 6.54 Å². The van der Waals surface area contributed by atoms with E-state index in [4.69, 9.17) is 0 Å². The molecule has 0 radical (unpaired) electrons. The molecule has 1 aromatic heterocycles. The first-order valence-corrected chi connectivity index (χ1v) is 10.7. The quantitative estimate of drug-likeness (QED) is 0.161. The van der Waals surface area contributed by atoms with Gasteiger partial charge >= 0.3 is 0 Å². The highest BCUT2D eigenvalue weighted by Gasteiger charge is 2.38. The number of phenols is 2. The van der Waals surface area contributed by atoms with Crippen LogP contribution in [0.3, 0.4) is 0 Å². The van der Waals surface area contributed by atoms with Crippen molar-refractivity contribution in [3.63, 3.8) is 0 Å². The first-order valence-electron chi connectivity index (χ1n) is 10.7. The van der Waals surface area contributed by atoms with Crippen LogP contribution in [0.15, 0.2) is 36.5 Å². The molecule has 1 aliphatic carbocycles. The van der Waals surface area contributed by atoms with Gasteiger partial charge in [-0.2, -0.15) is 0 Å². The van der Waals surface area contributed by atoms with Crippen LogP contribution in [0, 0.1) is 0 Å². The number of aromatic hydroxyl groups is 2. The number of phenolic OH excluding ortho intramolecular Hbond substituents is 2. The molecule has 33 heavy (non-hydrogen) atoms. The number of hydrogen-bond acceptors (Lipinski definition) is 8. The Balaban J connectivity index is 1.57. The minimum Gasteiger partial charge on any atom is -0.506 e. The van der Waals surface area contributed by atoms with Crippen LogP contribution in [0.5, 0.6) is 11.5 Å². The van der Waals surface area contributed by atoms with Gasteiger partial charge in [0.1, 0.15) is 17.2 Å². The first-order chi connectivity index (χ1) is 15.9. The van der Waals surface area contributed by atoms with Crippen LogP contribution in [0.25, 0.3) is 10.8 Å². The van der Waals surface area contributed by atoms with Gasteiger partial charge in [-0.05, 0) is 25.5 Å². The Hall–Kier alpha value is -3.24. The molecule has 0 aliphatic heterocycles. The van der Waals surface area contributed by atoms with Crippen LogP contribution in [0.2, 0.25) is 0 Å². The minimum atomic E-state index is -1.15. The summed E-state index contributed by atoms with van der Waals surface area (Å²) in [5.74, 6) is -1.69. The van der Waals surface area contributed by atoms with E-state index in [2.05, 4.69) is 5.32 Å². The van der Waals surface area contributed by atoms with E-state index in [1.165, 1.54) is 6.07 Å². The van der Waals surface area contributed by atoms with E-state index in [0.717, 1.165) is 0 Å².